The Hall–Kier alpha value is -7.48. The van der Waals surface area contributed by atoms with Gasteiger partial charge in [0.25, 0.3) is 22.2 Å². The fourth-order valence-corrected chi connectivity index (χ4v) is 6.36. The van der Waals surface area contributed by atoms with Gasteiger partial charge in [0.15, 0.2) is 22.9 Å². The van der Waals surface area contributed by atoms with E-state index in [2.05, 4.69) is 30.1 Å². The van der Waals surface area contributed by atoms with Gasteiger partial charge in [0.05, 0.1) is 21.5 Å². The first-order valence-corrected chi connectivity index (χ1v) is 15.8. The van der Waals surface area contributed by atoms with Crippen LogP contribution in [0.25, 0.3) is 77.5 Å². The largest absolute Gasteiger partial charge is 0.279 e. The number of H-pyrrole nitrogens is 2. The average molecular weight is 691 g/mol. The van der Waals surface area contributed by atoms with E-state index in [0.717, 1.165) is 9.36 Å². The number of halogens is 2. The van der Waals surface area contributed by atoms with Crippen LogP contribution in [0.4, 0.5) is 8.78 Å². The molecule has 0 unspecified atom stereocenters. The van der Waals surface area contributed by atoms with Crippen LogP contribution >= 0.6 is 0 Å². The maximum Gasteiger partial charge on any atom is 0.279 e. The molecule has 0 aliphatic carbocycles. The van der Waals surface area contributed by atoms with Crippen LogP contribution in [-0.4, -0.2) is 39.5 Å². The molecular weight excluding hydrogens is 670 g/mol. The van der Waals surface area contributed by atoms with Gasteiger partial charge in [-0.3, -0.25) is 29.4 Å². The van der Waals surface area contributed by atoms with E-state index < -0.39 is 33.9 Å². The van der Waals surface area contributed by atoms with Crippen LogP contribution in [0.3, 0.4) is 0 Å². The topological polar surface area (TPSA) is 161 Å². The molecule has 12 nitrogen and oxygen atoms in total. The molecule has 0 spiro atoms. The van der Waals surface area contributed by atoms with Gasteiger partial charge in [-0.1, -0.05) is 24.3 Å². The number of nitrogens with zero attached hydrogens (tertiary/aromatic N) is 6. The molecule has 0 saturated heterocycles. The van der Waals surface area contributed by atoms with E-state index >= 15 is 0 Å². The van der Waals surface area contributed by atoms with E-state index in [0.29, 0.717) is 33.0 Å². The van der Waals surface area contributed by atoms with Crippen LogP contribution in [-0.2, 0) is 0 Å². The highest BCUT2D eigenvalue weighted by atomic mass is 19.1. The average Bonchev–Trinajstić information content (AvgIpc) is 3.16. The molecule has 250 valence electrons. The quantitative estimate of drug-likeness (QED) is 0.239. The molecule has 0 radical (unpaired) electrons. The van der Waals surface area contributed by atoms with Crippen molar-refractivity contribution in [2.75, 3.05) is 0 Å². The molecule has 0 aliphatic rings. The smallest absolute Gasteiger partial charge is 0.267 e. The van der Waals surface area contributed by atoms with Gasteiger partial charge in [0.2, 0.25) is 0 Å². The van der Waals surface area contributed by atoms with Crippen LogP contribution < -0.4 is 22.2 Å². The van der Waals surface area contributed by atoms with Gasteiger partial charge in [0, 0.05) is 34.3 Å². The SMILES string of the molecule is O=c1[nH]n(-c2nc3ncccc3cc2-c2cccc(F)c2)c(=O)c2cc3c(=O)n(-c4nc5ncccc5cc4-c4cccc(F)c4)[nH]c(=O)c3cc12. The number of aromatic nitrogens is 8. The lowest BCUT2D eigenvalue weighted by Gasteiger charge is -2.14. The molecule has 0 bridgehead atoms. The van der Waals surface area contributed by atoms with Crippen molar-refractivity contribution in [3.63, 3.8) is 0 Å². The van der Waals surface area contributed by atoms with Crippen molar-refractivity contribution in [1.82, 2.24) is 39.5 Å². The molecule has 0 amide bonds. The Balaban J connectivity index is 1.32. The monoisotopic (exact) mass is 690 g/mol. The molecule has 0 fully saturated rings. The number of aromatic amines is 2. The highest BCUT2D eigenvalue weighted by molar-refractivity contribution is 5.97. The summed E-state index contributed by atoms with van der Waals surface area (Å²) in [5.41, 5.74) is -1.19. The van der Waals surface area contributed by atoms with Crippen molar-refractivity contribution < 1.29 is 8.78 Å². The Bertz CT molecular complexity index is 3010. The number of fused-ring (bicyclic) bond motifs is 4. The summed E-state index contributed by atoms with van der Waals surface area (Å²) in [5.74, 6) is -1.15. The minimum Gasteiger partial charge on any atom is -0.267 e. The first-order valence-electron chi connectivity index (χ1n) is 15.8. The number of benzene rings is 3. The maximum atomic E-state index is 14.4. The Labute approximate surface area is 287 Å². The highest BCUT2D eigenvalue weighted by Gasteiger charge is 2.21. The maximum absolute atomic E-state index is 14.4. The first kappa shape index (κ1) is 30.6. The first-order chi connectivity index (χ1) is 25.2. The number of hydrogen-bond acceptors (Lipinski definition) is 8. The van der Waals surface area contributed by atoms with Crippen molar-refractivity contribution in [1.29, 1.82) is 0 Å². The number of pyridine rings is 4. The van der Waals surface area contributed by atoms with Crippen LogP contribution in [0.2, 0.25) is 0 Å². The molecule has 14 heteroatoms. The van der Waals surface area contributed by atoms with Crippen LogP contribution in [0.15, 0.2) is 129 Å². The molecule has 52 heavy (non-hydrogen) atoms. The Morgan fingerprint density at radius 1 is 0.500 bits per heavy atom. The third kappa shape index (κ3) is 4.88. The van der Waals surface area contributed by atoms with Gasteiger partial charge >= 0.3 is 0 Å². The normalized spacial score (nSPS) is 11.6. The molecule has 6 heterocycles. The van der Waals surface area contributed by atoms with E-state index in [4.69, 9.17) is 0 Å². The summed E-state index contributed by atoms with van der Waals surface area (Å²) < 4.78 is 30.6. The van der Waals surface area contributed by atoms with E-state index in [1.807, 2.05) is 0 Å². The third-order valence-corrected chi connectivity index (χ3v) is 8.77. The molecule has 3 aromatic carbocycles. The number of rotatable bonds is 4. The zero-order valence-electron chi connectivity index (χ0n) is 26.5. The van der Waals surface area contributed by atoms with Gasteiger partial charge in [-0.25, -0.2) is 28.7 Å². The van der Waals surface area contributed by atoms with Gasteiger partial charge in [0.1, 0.15) is 11.6 Å². The predicted molar refractivity (Wildman–Crippen MR) is 191 cm³/mol. The van der Waals surface area contributed by atoms with Gasteiger partial charge in [-0.15, -0.1) is 0 Å². The standard InChI is InChI=1S/C38H20F2N8O4/c39-23-9-1-5-19(13-23)25-15-21-7-3-11-41-31(21)43-33(25)47-37(51)29-18-30-28(17-27(29)35(49)45-47)36(50)46-48(38(30)52)34-26(20-6-2-10-24(40)14-20)16-22-8-4-12-42-32(22)44-34/h1-18H,(H,45,49)(H,46,50). The van der Waals surface area contributed by atoms with Crippen molar-refractivity contribution in [2.45, 2.75) is 0 Å². The number of nitrogens with one attached hydrogen (secondary N) is 2. The van der Waals surface area contributed by atoms with Crippen molar-refractivity contribution in [3.05, 3.63) is 163 Å². The minimum atomic E-state index is -0.781. The summed E-state index contributed by atoms with van der Waals surface area (Å²) >= 11 is 0. The van der Waals surface area contributed by atoms with E-state index in [9.17, 15) is 28.0 Å². The molecular formula is C38H20F2N8O4. The Kier molecular flexibility index (Phi) is 6.79. The van der Waals surface area contributed by atoms with Gasteiger partial charge in [-0.05, 0) is 83.9 Å². The van der Waals surface area contributed by atoms with Crippen molar-refractivity contribution in [3.8, 4) is 33.9 Å². The summed E-state index contributed by atoms with van der Waals surface area (Å²) in [6.07, 6.45) is 3.03. The molecule has 9 rings (SSSR count). The summed E-state index contributed by atoms with van der Waals surface area (Å²) in [6.45, 7) is 0. The Morgan fingerprint density at radius 2 is 0.942 bits per heavy atom. The molecule has 2 N–H and O–H groups in total. The summed E-state index contributed by atoms with van der Waals surface area (Å²) in [6, 6.07) is 24.0. The Morgan fingerprint density at radius 3 is 1.38 bits per heavy atom. The van der Waals surface area contributed by atoms with Gasteiger partial charge in [-0.2, -0.15) is 9.36 Å². The summed E-state index contributed by atoms with van der Waals surface area (Å²) in [5, 5.41) is 5.55. The molecule has 0 aliphatic heterocycles. The van der Waals surface area contributed by atoms with Crippen molar-refractivity contribution >= 4 is 43.6 Å². The lowest BCUT2D eigenvalue weighted by molar-refractivity contribution is 0.628. The van der Waals surface area contributed by atoms with E-state index in [1.54, 1.807) is 48.5 Å². The molecule has 6 aromatic heterocycles. The lowest BCUT2D eigenvalue weighted by atomic mass is 10.0. The summed E-state index contributed by atoms with van der Waals surface area (Å²) in [7, 11) is 0. The van der Waals surface area contributed by atoms with E-state index in [-0.39, 0.29) is 44.5 Å². The third-order valence-electron chi connectivity index (χ3n) is 8.77. The second kappa shape index (κ2) is 11.6. The van der Waals surface area contributed by atoms with Crippen molar-refractivity contribution in [2.24, 2.45) is 0 Å². The van der Waals surface area contributed by atoms with Crippen LogP contribution in [0, 0.1) is 11.6 Å². The second-order valence-electron chi connectivity index (χ2n) is 11.9. The molecule has 0 atom stereocenters. The summed E-state index contributed by atoms with van der Waals surface area (Å²) in [4.78, 5) is 73.5. The molecule has 9 aromatic rings. The molecule has 0 saturated carbocycles. The fourth-order valence-electron chi connectivity index (χ4n) is 6.36. The van der Waals surface area contributed by atoms with E-state index in [1.165, 1.54) is 60.9 Å². The fraction of sp³-hybridized carbons (Fsp3) is 0. The van der Waals surface area contributed by atoms with Gasteiger partial charge < -0.3 is 0 Å². The number of hydrogen-bond donors (Lipinski definition) is 2. The lowest BCUT2D eigenvalue weighted by Crippen LogP contribution is -2.32. The minimum absolute atomic E-state index is 0.0446. The predicted octanol–water partition coefficient (Wildman–Crippen LogP) is 5.17. The van der Waals surface area contributed by atoms with Crippen LogP contribution in [0.1, 0.15) is 0 Å². The zero-order valence-corrected chi connectivity index (χ0v) is 26.5. The zero-order chi connectivity index (χ0) is 35.7. The second-order valence-corrected chi connectivity index (χ2v) is 11.9. The highest BCUT2D eigenvalue weighted by Crippen LogP contribution is 2.30. The van der Waals surface area contributed by atoms with Crippen LogP contribution in [0.5, 0.6) is 0 Å².